The van der Waals surface area contributed by atoms with Crippen molar-refractivity contribution in [1.82, 2.24) is 0 Å². The van der Waals surface area contributed by atoms with Crippen LogP contribution < -0.4 is 4.74 Å². The average molecular weight is 426 g/mol. The molecule has 0 fully saturated rings. The maximum Gasteiger partial charge on any atom is 0.422 e. The third kappa shape index (κ3) is 4.85. The molecular formula is C16H14BrClF3OP. The first kappa shape index (κ1) is 18.6. The number of alkyl halides is 3. The van der Waals surface area contributed by atoms with Gasteiger partial charge in [-0.1, -0.05) is 39.7 Å². The quantitative estimate of drug-likeness (QED) is 0.531. The van der Waals surface area contributed by atoms with Gasteiger partial charge in [0.05, 0.1) is 0 Å². The molecule has 0 spiro atoms. The zero-order chi connectivity index (χ0) is 17.3. The minimum atomic E-state index is -4.35. The Kier molecular flexibility index (Phi) is 5.65. The van der Waals surface area contributed by atoms with Crippen molar-refractivity contribution in [3.8, 4) is 5.75 Å². The van der Waals surface area contributed by atoms with Crippen molar-refractivity contribution in [3.63, 3.8) is 0 Å². The van der Waals surface area contributed by atoms with Crippen LogP contribution >= 0.6 is 36.8 Å². The van der Waals surface area contributed by atoms with Gasteiger partial charge in [0.1, 0.15) is 5.75 Å². The lowest BCUT2D eigenvalue weighted by Crippen LogP contribution is -2.19. The number of benzene rings is 2. The monoisotopic (exact) mass is 424 g/mol. The number of rotatable bonds is 4. The van der Waals surface area contributed by atoms with Gasteiger partial charge < -0.3 is 4.74 Å². The topological polar surface area (TPSA) is 9.23 Å². The average Bonchev–Trinajstić information content (AvgIpc) is 2.47. The van der Waals surface area contributed by atoms with Crippen LogP contribution in [0.1, 0.15) is 18.1 Å². The minimum absolute atomic E-state index is 0.173. The summed E-state index contributed by atoms with van der Waals surface area (Å²) in [5.74, 6) is 0.173. The fourth-order valence-electron chi connectivity index (χ4n) is 2.11. The SMILES string of the molecule is CC(P)(c1ccc(OCC(F)(F)F)cc1)c1cc(Br)ccc1Cl. The van der Waals surface area contributed by atoms with Gasteiger partial charge in [-0.15, -0.1) is 9.24 Å². The summed E-state index contributed by atoms with van der Waals surface area (Å²) in [5, 5.41) is 0.131. The molecule has 0 aliphatic heterocycles. The highest BCUT2D eigenvalue weighted by Gasteiger charge is 2.29. The first-order valence-corrected chi connectivity index (χ1v) is 8.39. The third-order valence-electron chi connectivity index (χ3n) is 3.34. The second kappa shape index (κ2) is 7.00. The van der Waals surface area contributed by atoms with E-state index in [-0.39, 0.29) is 5.75 Å². The highest BCUT2D eigenvalue weighted by atomic mass is 79.9. The lowest BCUT2D eigenvalue weighted by molar-refractivity contribution is -0.153. The summed E-state index contributed by atoms with van der Waals surface area (Å²) in [4.78, 5) is 0. The molecule has 0 saturated carbocycles. The molecule has 0 N–H and O–H groups in total. The zero-order valence-corrected chi connectivity index (χ0v) is 15.6. The predicted octanol–water partition coefficient (Wildman–Crippen LogP) is 6.18. The van der Waals surface area contributed by atoms with Gasteiger partial charge in [0, 0.05) is 14.7 Å². The van der Waals surface area contributed by atoms with Crippen molar-refractivity contribution < 1.29 is 17.9 Å². The third-order valence-corrected chi connectivity index (χ3v) is 4.81. The van der Waals surface area contributed by atoms with Gasteiger partial charge in [-0.2, -0.15) is 13.2 Å². The fourth-order valence-corrected chi connectivity index (χ4v) is 3.31. The molecule has 0 aliphatic carbocycles. The fraction of sp³-hybridized carbons (Fsp3) is 0.250. The summed E-state index contributed by atoms with van der Waals surface area (Å²) in [6, 6.07) is 12.1. The summed E-state index contributed by atoms with van der Waals surface area (Å²) in [6.45, 7) is 0.666. The van der Waals surface area contributed by atoms with Gasteiger partial charge in [-0.25, -0.2) is 0 Å². The highest BCUT2D eigenvalue weighted by molar-refractivity contribution is 9.10. The standard InChI is InChI=1S/C16H14BrClF3OP/c1-15(23,13-8-11(17)4-7-14(13)18)10-2-5-12(6-3-10)22-9-16(19,20)21/h2-8H,9,23H2,1H3. The van der Waals surface area contributed by atoms with Crippen molar-refractivity contribution in [1.29, 1.82) is 0 Å². The lowest BCUT2D eigenvalue weighted by atomic mass is 9.92. The Morgan fingerprint density at radius 1 is 1.13 bits per heavy atom. The molecule has 124 valence electrons. The van der Waals surface area contributed by atoms with E-state index in [0.29, 0.717) is 5.02 Å². The van der Waals surface area contributed by atoms with Gasteiger partial charge in [0.25, 0.3) is 0 Å². The van der Waals surface area contributed by atoms with Crippen LogP contribution in [-0.2, 0) is 5.16 Å². The maximum atomic E-state index is 12.2. The van der Waals surface area contributed by atoms with E-state index in [1.807, 2.05) is 19.1 Å². The van der Waals surface area contributed by atoms with Gasteiger partial charge in [0.2, 0.25) is 0 Å². The maximum absolute atomic E-state index is 12.2. The Morgan fingerprint density at radius 2 is 1.74 bits per heavy atom. The number of hydrogen-bond acceptors (Lipinski definition) is 1. The zero-order valence-electron chi connectivity index (χ0n) is 12.1. The summed E-state index contributed by atoms with van der Waals surface area (Å²) >= 11 is 9.70. The van der Waals surface area contributed by atoms with Crippen LogP contribution in [0.15, 0.2) is 46.9 Å². The molecule has 23 heavy (non-hydrogen) atoms. The smallest absolute Gasteiger partial charge is 0.422 e. The lowest BCUT2D eigenvalue weighted by Gasteiger charge is -2.27. The van der Waals surface area contributed by atoms with Crippen molar-refractivity contribution in [3.05, 3.63) is 63.1 Å². The van der Waals surface area contributed by atoms with E-state index in [1.165, 1.54) is 12.1 Å². The largest absolute Gasteiger partial charge is 0.484 e. The van der Waals surface area contributed by atoms with Gasteiger partial charge in [-0.05, 0) is 48.4 Å². The molecule has 2 rings (SSSR count). The molecule has 0 heterocycles. The van der Waals surface area contributed by atoms with Crippen LogP contribution in [0.5, 0.6) is 5.75 Å². The van der Waals surface area contributed by atoms with E-state index in [0.717, 1.165) is 15.6 Å². The number of ether oxygens (including phenoxy) is 1. The van der Waals surface area contributed by atoms with Crippen LogP contribution in [-0.4, -0.2) is 12.8 Å². The van der Waals surface area contributed by atoms with E-state index in [1.54, 1.807) is 18.2 Å². The van der Waals surface area contributed by atoms with Crippen LogP contribution in [0.4, 0.5) is 13.2 Å². The summed E-state index contributed by atoms with van der Waals surface area (Å²) in [5.41, 5.74) is 1.78. The van der Waals surface area contributed by atoms with E-state index in [2.05, 4.69) is 25.2 Å². The van der Waals surface area contributed by atoms with E-state index < -0.39 is 17.9 Å². The van der Waals surface area contributed by atoms with Crippen LogP contribution in [0.25, 0.3) is 0 Å². The molecule has 2 aromatic rings. The van der Waals surface area contributed by atoms with E-state index in [9.17, 15) is 13.2 Å². The molecule has 2 aromatic carbocycles. The summed E-state index contributed by atoms with van der Waals surface area (Å²) in [7, 11) is 2.74. The number of hydrogen-bond donors (Lipinski definition) is 0. The van der Waals surface area contributed by atoms with E-state index >= 15 is 0 Å². The summed E-state index contributed by atoms with van der Waals surface area (Å²) < 4.78 is 42.1. The molecule has 7 heteroatoms. The van der Waals surface area contributed by atoms with E-state index in [4.69, 9.17) is 16.3 Å². The first-order valence-electron chi connectivity index (χ1n) is 6.64. The van der Waals surface area contributed by atoms with Crippen LogP contribution in [0.3, 0.4) is 0 Å². The molecule has 2 atom stereocenters. The molecule has 0 aromatic heterocycles. The Bertz CT molecular complexity index is 687. The molecule has 0 saturated heterocycles. The predicted molar refractivity (Wildman–Crippen MR) is 93.3 cm³/mol. The normalized spacial score (nSPS) is 14.4. The first-order chi connectivity index (χ1) is 10.6. The second-order valence-electron chi connectivity index (χ2n) is 5.25. The van der Waals surface area contributed by atoms with Crippen molar-refractivity contribution in [2.24, 2.45) is 0 Å². The molecule has 2 unspecified atom stereocenters. The Labute approximate surface area is 148 Å². The Morgan fingerprint density at radius 3 is 2.30 bits per heavy atom. The molecule has 0 aliphatic rings. The van der Waals surface area contributed by atoms with Gasteiger partial charge in [0.15, 0.2) is 6.61 Å². The van der Waals surface area contributed by atoms with Gasteiger partial charge in [-0.3, -0.25) is 0 Å². The molecule has 1 nitrogen and oxygen atoms in total. The van der Waals surface area contributed by atoms with Crippen LogP contribution in [0, 0.1) is 0 Å². The molecule has 0 amide bonds. The van der Waals surface area contributed by atoms with Crippen molar-refractivity contribution in [2.45, 2.75) is 18.3 Å². The Hall–Kier alpha value is -0.770. The molecular weight excluding hydrogens is 412 g/mol. The minimum Gasteiger partial charge on any atom is -0.484 e. The van der Waals surface area contributed by atoms with Gasteiger partial charge >= 0.3 is 6.18 Å². The van der Waals surface area contributed by atoms with Crippen molar-refractivity contribution >= 4 is 36.8 Å². The number of halogens is 5. The Balaban J connectivity index is 2.25. The highest BCUT2D eigenvalue weighted by Crippen LogP contribution is 2.43. The molecule has 0 bridgehead atoms. The van der Waals surface area contributed by atoms with Crippen LogP contribution in [0.2, 0.25) is 5.02 Å². The van der Waals surface area contributed by atoms with Crippen molar-refractivity contribution in [2.75, 3.05) is 6.61 Å². The summed E-state index contributed by atoms with van der Waals surface area (Å²) in [6.07, 6.45) is -4.35. The second-order valence-corrected chi connectivity index (χ2v) is 7.73. The molecule has 0 radical (unpaired) electrons.